The first-order chi connectivity index (χ1) is 8.60. The number of pyridine rings is 1. The number of hydrogen-bond acceptors (Lipinski definition) is 3. The summed E-state index contributed by atoms with van der Waals surface area (Å²) in [5.41, 5.74) is 2.05. The van der Waals surface area contributed by atoms with Crippen LogP contribution in [0, 0.1) is 5.82 Å². The molecule has 0 bridgehead atoms. The van der Waals surface area contributed by atoms with Gasteiger partial charge in [0.05, 0.1) is 18.3 Å². The maximum absolute atomic E-state index is 13.0. The van der Waals surface area contributed by atoms with E-state index >= 15 is 0 Å². The summed E-state index contributed by atoms with van der Waals surface area (Å²) in [7, 11) is 1.80. The van der Waals surface area contributed by atoms with Gasteiger partial charge in [-0.1, -0.05) is 6.92 Å². The molecule has 0 aromatic carbocycles. The summed E-state index contributed by atoms with van der Waals surface area (Å²) in [6.45, 7) is 2.00. The Labute approximate surface area is 104 Å². The van der Waals surface area contributed by atoms with Gasteiger partial charge in [0.2, 0.25) is 0 Å². The Morgan fingerprint density at radius 1 is 1.39 bits per heavy atom. The first-order valence-electron chi connectivity index (χ1n) is 5.75. The Morgan fingerprint density at radius 3 is 2.78 bits per heavy atom. The summed E-state index contributed by atoms with van der Waals surface area (Å²) in [5, 5.41) is 4.27. The van der Waals surface area contributed by atoms with Gasteiger partial charge in [-0.3, -0.25) is 14.5 Å². The maximum atomic E-state index is 13.0. The molecule has 0 spiro atoms. The number of rotatable bonds is 4. The molecule has 0 fully saturated rings. The molecule has 5 heteroatoms. The van der Waals surface area contributed by atoms with E-state index < -0.39 is 5.82 Å². The van der Waals surface area contributed by atoms with Crippen molar-refractivity contribution < 1.29 is 9.18 Å². The van der Waals surface area contributed by atoms with E-state index in [9.17, 15) is 9.18 Å². The second-order valence-corrected chi connectivity index (χ2v) is 4.10. The van der Waals surface area contributed by atoms with Crippen LogP contribution in [0.2, 0.25) is 0 Å². The second kappa shape index (κ2) is 5.08. The van der Waals surface area contributed by atoms with E-state index in [-0.39, 0.29) is 17.8 Å². The van der Waals surface area contributed by atoms with Crippen LogP contribution in [0.4, 0.5) is 4.39 Å². The third kappa shape index (κ3) is 2.61. The molecule has 0 saturated carbocycles. The van der Waals surface area contributed by atoms with Crippen molar-refractivity contribution in [2.24, 2.45) is 7.05 Å². The van der Waals surface area contributed by atoms with Crippen LogP contribution in [0.15, 0.2) is 24.5 Å². The molecule has 2 heterocycles. The van der Waals surface area contributed by atoms with Crippen LogP contribution >= 0.6 is 0 Å². The van der Waals surface area contributed by atoms with E-state index in [1.54, 1.807) is 11.7 Å². The van der Waals surface area contributed by atoms with Crippen LogP contribution < -0.4 is 0 Å². The molecular formula is C13H14FN3O. The molecule has 18 heavy (non-hydrogen) atoms. The van der Waals surface area contributed by atoms with Crippen LogP contribution in [0.5, 0.6) is 0 Å². The zero-order valence-corrected chi connectivity index (χ0v) is 10.4. The van der Waals surface area contributed by atoms with E-state index in [1.165, 1.54) is 12.3 Å². The topological polar surface area (TPSA) is 47.8 Å². The lowest BCUT2D eigenvalue weighted by molar-refractivity contribution is 0.0990. The van der Waals surface area contributed by atoms with Crippen LogP contribution in [0.1, 0.15) is 28.7 Å². The van der Waals surface area contributed by atoms with Crippen molar-refractivity contribution in [1.82, 2.24) is 14.8 Å². The highest BCUT2D eigenvalue weighted by atomic mass is 19.1. The second-order valence-electron chi connectivity index (χ2n) is 4.10. The SMILES string of the molecule is CCc1cc(CC(=O)c2cncc(F)c2)n(C)n1. The Balaban J connectivity index is 2.18. The quantitative estimate of drug-likeness (QED) is 0.776. The molecule has 94 valence electrons. The number of carbonyl (C=O) groups is 1. The predicted octanol–water partition coefficient (Wildman–Crippen LogP) is 1.94. The highest BCUT2D eigenvalue weighted by Gasteiger charge is 2.12. The van der Waals surface area contributed by atoms with Gasteiger partial charge in [-0.15, -0.1) is 0 Å². The Kier molecular flexibility index (Phi) is 3.50. The zero-order chi connectivity index (χ0) is 13.1. The number of carbonyl (C=O) groups excluding carboxylic acids is 1. The molecule has 0 radical (unpaired) electrons. The molecular weight excluding hydrogens is 233 g/mol. The fourth-order valence-electron chi connectivity index (χ4n) is 1.74. The van der Waals surface area contributed by atoms with Gasteiger partial charge in [0.1, 0.15) is 5.82 Å². The molecule has 4 nitrogen and oxygen atoms in total. The lowest BCUT2D eigenvalue weighted by Gasteiger charge is -2.01. The molecule has 0 amide bonds. The number of halogens is 1. The van der Waals surface area contributed by atoms with Crippen LogP contribution in [-0.2, 0) is 19.9 Å². The van der Waals surface area contributed by atoms with Crippen molar-refractivity contribution in [1.29, 1.82) is 0 Å². The molecule has 2 aromatic heterocycles. The van der Waals surface area contributed by atoms with Gasteiger partial charge in [-0.2, -0.15) is 5.10 Å². The van der Waals surface area contributed by atoms with Gasteiger partial charge >= 0.3 is 0 Å². The van der Waals surface area contributed by atoms with E-state index in [0.717, 1.165) is 24.0 Å². The first-order valence-corrected chi connectivity index (χ1v) is 5.75. The molecule has 2 aromatic rings. The highest BCUT2D eigenvalue weighted by molar-refractivity contribution is 5.97. The lowest BCUT2D eigenvalue weighted by Crippen LogP contribution is -2.08. The third-order valence-corrected chi connectivity index (χ3v) is 2.76. The number of Topliss-reactive ketones (excluding diaryl/α,β-unsaturated/α-hetero) is 1. The summed E-state index contributed by atoms with van der Waals surface area (Å²) >= 11 is 0. The Hall–Kier alpha value is -2.04. The highest BCUT2D eigenvalue weighted by Crippen LogP contribution is 2.09. The molecule has 0 N–H and O–H groups in total. The zero-order valence-electron chi connectivity index (χ0n) is 10.4. The summed E-state index contributed by atoms with van der Waals surface area (Å²) in [6, 6.07) is 3.09. The number of nitrogens with zero attached hydrogens (tertiary/aromatic N) is 3. The molecule has 2 rings (SSSR count). The number of aromatic nitrogens is 3. The standard InChI is InChI=1S/C13H14FN3O/c1-3-11-5-12(17(2)16-11)6-13(18)9-4-10(14)8-15-7-9/h4-5,7-8H,3,6H2,1-2H3. The summed E-state index contributed by atoms with van der Waals surface area (Å²) in [5.74, 6) is -0.659. The largest absolute Gasteiger partial charge is 0.294 e. The minimum absolute atomic E-state index is 0.160. The van der Waals surface area contributed by atoms with Gasteiger partial charge in [0, 0.05) is 24.5 Å². The van der Waals surface area contributed by atoms with Crippen molar-refractivity contribution in [2.45, 2.75) is 19.8 Å². The molecule has 0 unspecified atom stereocenters. The van der Waals surface area contributed by atoms with Crippen LogP contribution in [0.3, 0.4) is 0 Å². The first kappa shape index (κ1) is 12.4. The van der Waals surface area contributed by atoms with Gasteiger partial charge in [0.15, 0.2) is 5.78 Å². The molecule has 0 saturated heterocycles. The van der Waals surface area contributed by atoms with Gasteiger partial charge in [-0.25, -0.2) is 4.39 Å². The minimum atomic E-state index is -0.500. The van der Waals surface area contributed by atoms with E-state index in [0.29, 0.717) is 0 Å². The number of ketones is 1. The van der Waals surface area contributed by atoms with Gasteiger partial charge < -0.3 is 0 Å². The van der Waals surface area contributed by atoms with Crippen molar-refractivity contribution in [3.05, 3.63) is 47.3 Å². The molecule has 0 aliphatic rings. The average Bonchev–Trinajstić information content (AvgIpc) is 2.70. The minimum Gasteiger partial charge on any atom is -0.294 e. The average molecular weight is 247 g/mol. The Morgan fingerprint density at radius 2 is 2.17 bits per heavy atom. The van der Waals surface area contributed by atoms with Crippen molar-refractivity contribution in [3.8, 4) is 0 Å². The van der Waals surface area contributed by atoms with Crippen LogP contribution in [-0.4, -0.2) is 20.5 Å². The summed E-state index contributed by atoms with van der Waals surface area (Å²) < 4.78 is 14.7. The number of hydrogen-bond donors (Lipinski definition) is 0. The number of aryl methyl sites for hydroxylation is 2. The van der Waals surface area contributed by atoms with Crippen LogP contribution in [0.25, 0.3) is 0 Å². The fourth-order valence-corrected chi connectivity index (χ4v) is 1.74. The molecule has 0 aliphatic heterocycles. The summed E-state index contributed by atoms with van der Waals surface area (Å²) in [6.07, 6.45) is 3.48. The van der Waals surface area contributed by atoms with E-state index in [1.807, 2.05) is 13.0 Å². The van der Waals surface area contributed by atoms with E-state index in [2.05, 4.69) is 10.1 Å². The van der Waals surface area contributed by atoms with Crippen molar-refractivity contribution in [3.63, 3.8) is 0 Å². The van der Waals surface area contributed by atoms with E-state index in [4.69, 9.17) is 0 Å². The van der Waals surface area contributed by atoms with Gasteiger partial charge in [-0.05, 0) is 18.6 Å². The van der Waals surface area contributed by atoms with Crippen molar-refractivity contribution >= 4 is 5.78 Å². The Bertz CT molecular complexity index is 577. The van der Waals surface area contributed by atoms with Gasteiger partial charge in [0.25, 0.3) is 0 Å². The smallest absolute Gasteiger partial charge is 0.170 e. The predicted molar refractivity (Wildman–Crippen MR) is 64.8 cm³/mol. The fraction of sp³-hybridized carbons (Fsp3) is 0.308. The maximum Gasteiger partial charge on any atom is 0.170 e. The third-order valence-electron chi connectivity index (χ3n) is 2.76. The normalized spacial score (nSPS) is 10.6. The molecule has 0 aliphatic carbocycles. The monoisotopic (exact) mass is 247 g/mol. The van der Waals surface area contributed by atoms with Crippen molar-refractivity contribution in [2.75, 3.05) is 0 Å². The lowest BCUT2D eigenvalue weighted by atomic mass is 10.1. The summed E-state index contributed by atoms with van der Waals surface area (Å²) in [4.78, 5) is 15.6. The molecule has 0 atom stereocenters.